The van der Waals surface area contributed by atoms with Crippen molar-refractivity contribution in [3.05, 3.63) is 36.5 Å². The Morgan fingerprint density at radius 2 is 0.629 bits per heavy atom. The van der Waals surface area contributed by atoms with E-state index in [1.54, 1.807) is 0 Å². The van der Waals surface area contributed by atoms with Crippen LogP contribution in [0.4, 0.5) is 0 Å². The molecule has 1 atom stereocenters. The van der Waals surface area contributed by atoms with E-state index in [0.29, 0.717) is 19.3 Å². The molecule has 0 fully saturated rings. The van der Waals surface area contributed by atoms with E-state index >= 15 is 0 Å². The first-order valence-corrected chi connectivity index (χ1v) is 27.0. The molecule has 1 unspecified atom stereocenters. The fourth-order valence-electron chi connectivity index (χ4n) is 7.83. The van der Waals surface area contributed by atoms with Crippen LogP contribution >= 0.6 is 0 Å². The number of allylic oxidation sites excluding steroid dienone is 6. The summed E-state index contributed by atoms with van der Waals surface area (Å²) >= 11 is 0. The van der Waals surface area contributed by atoms with Crippen molar-refractivity contribution < 1.29 is 28.6 Å². The summed E-state index contributed by atoms with van der Waals surface area (Å²) in [5, 5.41) is 0. The van der Waals surface area contributed by atoms with Gasteiger partial charge in [-0.1, -0.05) is 231 Å². The lowest BCUT2D eigenvalue weighted by Gasteiger charge is -2.18. The van der Waals surface area contributed by atoms with Crippen molar-refractivity contribution >= 4 is 17.9 Å². The van der Waals surface area contributed by atoms with Crippen molar-refractivity contribution in [3.8, 4) is 0 Å². The number of esters is 3. The van der Waals surface area contributed by atoms with Gasteiger partial charge in [0.05, 0.1) is 0 Å². The highest BCUT2D eigenvalue weighted by Crippen LogP contribution is 2.16. The normalized spacial score (nSPS) is 12.2. The van der Waals surface area contributed by atoms with Crippen LogP contribution in [0.15, 0.2) is 36.5 Å². The van der Waals surface area contributed by atoms with E-state index in [0.717, 1.165) is 89.9 Å². The van der Waals surface area contributed by atoms with Crippen LogP contribution in [0.2, 0.25) is 0 Å². The minimum atomic E-state index is -0.777. The van der Waals surface area contributed by atoms with Crippen molar-refractivity contribution in [1.82, 2.24) is 0 Å². The standard InChI is InChI=1S/C56H102O6/c1-4-7-10-13-16-19-22-25-27-29-31-34-37-40-43-46-49-55(58)61-52-53(51-60-54(57)48-45-42-39-36-33-24-21-18-15-12-9-6-3)62-56(59)50-47-44-41-38-35-32-30-28-26-23-20-17-14-11-8-5-2/h9,12,18,21,27,29,53H,4-8,10-11,13-17,19-20,22-26,28,30-52H2,1-3H3/b12-9-,21-18-,29-27-. The van der Waals surface area contributed by atoms with Crippen molar-refractivity contribution in [3.63, 3.8) is 0 Å². The molecule has 0 aliphatic carbocycles. The van der Waals surface area contributed by atoms with E-state index < -0.39 is 6.10 Å². The van der Waals surface area contributed by atoms with Crippen LogP contribution < -0.4 is 0 Å². The molecule has 62 heavy (non-hydrogen) atoms. The number of hydrogen-bond acceptors (Lipinski definition) is 6. The molecule has 0 aromatic carbocycles. The maximum Gasteiger partial charge on any atom is 0.306 e. The number of hydrogen-bond donors (Lipinski definition) is 0. The summed E-state index contributed by atoms with van der Waals surface area (Å²) in [7, 11) is 0. The molecule has 0 N–H and O–H groups in total. The highest BCUT2D eigenvalue weighted by atomic mass is 16.6. The lowest BCUT2D eigenvalue weighted by atomic mass is 10.0. The van der Waals surface area contributed by atoms with E-state index in [-0.39, 0.29) is 31.1 Å². The number of carbonyl (C=O) groups is 3. The fourth-order valence-corrected chi connectivity index (χ4v) is 7.83. The van der Waals surface area contributed by atoms with E-state index in [1.807, 2.05) is 0 Å². The molecule has 0 aliphatic heterocycles. The molecule has 0 heterocycles. The molecular weight excluding hydrogens is 769 g/mol. The molecule has 6 heteroatoms. The van der Waals surface area contributed by atoms with Gasteiger partial charge in [0.25, 0.3) is 0 Å². The summed E-state index contributed by atoms with van der Waals surface area (Å²) in [6.07, 6.45) is 59.9. The van der Waals surface area contributed by atoms with Gasteiger partial charge in [-0.15, -0.1) is 0 Å². The summed E-state index contributed by atoms with van der Waals surface area (Å²) in [6.45, 7) is 6.54. The van der Waals surface area contributed by atoms with Gasteiger partial charge in [0.1, 0.15) is 13.2 Å². The van der Waals surface area contributed by atoms with E-state index in [1.165, 1.54) is 154 Å². The summed E-state index contributed by atoms with van der Waals surface area (Å²) < 4.78 is 16.8. The van der Waals surface area contributed by atoms with Crippen LogP contribution in [0.5, 0.6) is 0 Å². The molecule has 0 aliphatic rings. The predicted octanol–water partition coefficient (Wildman–Crippen LogP) is 17.7. The van der Waals surface area contributed by atoms with E-state index in [4.69, 9.17) is 14.2 Å². The average Bonchev–Trinajstić information content (AvgIpc) is 3.27. The third kappa shape index (κ3) is 48.7. The zero-order valence-electron chi connectivity index (χ0n) is 41.4. The molecule has 0 saturated carbocycles. The molecule has 0 spiro atoms. The van der Waals surface area contributed by atoms with E-state index in [9.17, 15) is 14.4 Å². The lowest BCUT2D eigenvalue weighted by molar-refractivity contribution is -0.167. The molecule has 0 amide bonds. The number of ether oxygens (including phenoxy) is 3. The summed E-state index contributed by atoms with van der Waals surface area (Å²) in [5.41, 5.74) is 0. The van der Waals surface area contributed by atoms with Crippen molar-refractivity contribution in [2.75, 3.05) is 13.2 Å². The van der Waals surface area contributed by atoms with Crippen LogP contribution in [0, 0.1) is 0 Å². The highest BCUT2D eigenvalue weighted by molar-refractivity contribution is 5.71. The van der Waals surface area contributed by atoms with Crippen molar-refractivity contribution in [1.29, 1.82) is 0 Å². The van der Waals surface area contributed by atoms with Gasteiger partial charge >= 0.3 is 17.9 Å². The van der Waals surface area contributed by atoms with Crippen LogP contribution in [-0.4, -0.2) is 37.2 Å². The fraction of sp³-hybridized carbons (Fsp3) is 0.839. The summed E-state index contributed by atoms with van der Waals surface area (Å²) in [5.74, 6) is -0.887. The Bertz CT molecular complexity index is 1050. The topological polar surface area (TPSA) is 78.9 Å². The van der Waals surface area contributed by atoms with Crippen LogP contribution in [0.1, 0.15) is 284 Å². The van der Waals surface area contributed by atoms with Crippen LogP contribution in [0.3, 0.4) is 0 Å². The zero-order chi connectivity index (χ0) is 45.1. The number of carbonyl (C=O) groups excluding carboxylic acids is 3. The molecule has 0 rings (SSSR count). The Hall–Kier alpha value is -2.37. The Kier molecular flexibility index (Phi) is 49.3. The van der Waals surface area contributed by atoms with Crippen LogP contribution in [0.25, 0.3) is 0 Å². The van der Waals surface area contributed by atoms with Gasteiger partial charge in [0, 0.05) is 19.3 Å². The second-order valence-corrected chi connectivity index (χ2v) is 18.1. The monoisotopic (exact) mass is 871 g/mol. The first kappa shape index (κ1) is 59.6. The highest BCUT2D eigenvalue weighted by Gasteiger charge is 2.19. The zero-order valence-corrected chi connectivity index (χ0v) is 41.4. The van der Waals surface area contributed by atoms with Gasteiger partial charge in [-0.05, 0) is 70.6 Å². The predicted molar refractivity (Wildman–Crippen MR) is 266 cm³/mol. The molecule has 6 nitrogen and oxygen atoms in total. The quantitative estimate of drug-likeness (QED) is 0.0262. The first-order valence-electron chi connectivity index (χ1n) is 27.0. The SMILES string of the molecule is CC/C=C\C/C=C\CCCCCCCC(=O)OCC(COC(=O)CCCCCCC/C=C\CCCCCCCCC)OC(=O)CCCCCCCCCCCCCCCCCC. The number of unbranched alkanes of at least 4 members (excludes halogenated alkanes) is 32. The summed E-state index contributed by atoms with van der Waals surface area (Å²) in [4.78, 5) is 38.0. The molecule has 0 aromatic heterocycles. The molecule has 0 aromatic rings. The van der Waals surface area contributed by atoms with Gasteiger partial charge in [0.15, 0.2) is 6.10 Å². The van der Waals surface area contributed by atoms with Crippen molar-refractivity contribution in [2.24, 2.45) is 0 Å². The average molecular weight is 871 g/mol. The van der Waals surface area contributed by atoms with Crippen LogP contribution in [-0.2, 0) is 28.6 Å². The Morgan fingerprint density at radius 1 is 0.339 bits per heavy atom. The summed E-state index contributed by atoms with van der Waals surface area (Å²) in [6, 6.07) is 0. The van der Waals surface area contributed by atoms with Gasteiger partial charge in [-0.2, -0.15) is 0 Å². The van der Waals surface area contributed by atoms with Crippen molar-refractivity contribution in [2.45, 2.75) is 290 Å². The molecule has 0 saturated heterocycles. The Labute approximate surface area is 385 Å². The largest absolute Gasteiger partial charge is 0.462 e. The number of rotatable bonds is 49. The molecular formula is C56H102O6. The molecule has 362 valence electrons. The molecule has 0 bridgehead atoms. The second-order valence-electron chi connectivity index (χ2n) is 18.1. The lowest BCUT2D eigenvalue weighted by Crippen LogP contribution is -2.30. The second kappa shape index (κ2) is 51.3. The minimum absolute atomic E-state index is 0.0780. The smallest absolute Gasteiger partial charge is 0.306 e. The molecule has 0 radical (unpaired) electrons. The maximum absolute atomic E-state index is 12.8. The third-order valence-corrected chi connectivity index (χ3v) is 11.9. The Balaban J connectivity index is 4.35. The maximum atomic E-state index is 12.8. The van der Waals surface area contributed by atoms with Gasteiger partial charge in [0.2, 0.25) is 0 Å². The third-order valence-electron chi connectivity index (χ3n) is 11.9. The minimum Gasteiger partial charge on any atom is -0.462 e. The first-order chi connectivity index (χ1) is 30.5. The van der Waals surface area contributed by atoms with Gasteiger partial charge in [-0.25, -0.2) is 0 Å². The Morgan fingerprint density at radius 3 is 0.984 bits per heavy atom. The van der Waals surface area contributed by atoms with Gasteiger partial charge < -0.3 is 14.2 Å². The van der Waals surface area contributed by atoms with Gasteiger partial charge in [-0.3, -0.25) is 14.4 Å². The van der Waals surface area contributed by atoms with E-state index in [2.05, 4.69) is 57.2 Å².